The predicted octanol–water partition coefficient (Wildman–Crippen LogP) is 3.91. The van der Waals surface area contributed by atoms with Crippen molar-refractivity contribution in [2.45, 2.75) is 11.3 Å². The van der Waals surface area contributed by atoms with Crippen LogP contribution in [-0.2, 0) is 10.0 Å². The van der Waals surface area contributed by atoms with E-state index in [4.69, 9.17) is 14.2 Å². The average molecular weight is 455 g/mol. The summed E-state index contributed by atoms with van der Waals surface area (Å²) in [5.41, 5.74) is 1.02. The van der Waals surface area contributed by atoms with Gasteiger partial charge in [-0.3, -0.25) is 9.52 Å². The van der Waals surface area contributed by atoms with Crippen LogP contribution >= 0.6 is 0 Å². The summed E-state index contributed by atoms with van der Waals surface area (Å²) in [5.74, 6) is 1.10. The third-order valence-electron chi connectivity index (χ3n) is 4.76. The molecule has 0 fully saturated rings. The number of carbonyl (C=O) groups excluding carboxylic acids is 1. The number of ether oxygens (including phenoxy) is 3. The third kappa shape index (κ3) is 4.78. The Balaban J connectivity index is 1.53. The van der Waals surface area contributed by atoms with Crippen molar-refractivity contribution in [3.63, 3.8) is 0 Å². The van der Waals surface area contributed by atoms with E-state index >= 15 is 0 Å². The Morgan fingerprint density at radius 3 is 2.53 bits per heavy atom. The van der Waals surface area contributed by atoms with Gasteiger partial charge in [0, 0.05) is 17.7 Å². The van der Waals surface area contributed by atoms with Crippen molar-refractivity contribution in [2.24, 2.45) is 0 Å². The maximum absolute atomic E-state index is 12.9. The van der Waals surface area contributed by atoms with Gasteiger partial charge in [0.15, 0.2) is 11.5 Å². The Hall–Kier alpha value is -3.72. The highest BCUT2D eigenvalue weighted by Crippen LogP contribution is 2.31. The molecule has 0 radical (unpaired) electrons. The van der Waals surface area contributed by atoms with Gasteiger partial charge < -0.3 is 19.5 Å². The highest BCUT2D eigenvalue weighted by atomic mass is 32.2. The minimum Gasteiger partial charge on any atom is -0.495 e. The maximum atomic E-state index is 12.9. The quantitative estimate of drug-likeness (QED) is 0.585. The van der Waals surface area contributed by atoms with E-state index in [1.807, 2.05) is 0 Å². The SMILES string of the molecule is COc1ccccc1NS(=O)(=O)c1cccc(NC(=O)c2ccc3c(c2)OCCCO3)c1. The number of hydrogen-bond acceptors (Lipinski definition) is 6. The molecule has 9 heteroatoms. The lowest BCUT2D eigenvalue weighted by Crippen LogP contribution is -2.15. The van der Waals surface area contributed by atoms with Crippen molar-refractivity contribution in [2.75, 3.05) is 30.4 Å². The fourth-order valence-electron chi connectivity index (χ4n) is 3.18. The first-order chi connectivity index (χ1) is 15.5. The molecular formula is C23H22N2O6S. The van der Waals surface area contributed by atoms with Gasteiger partial charge in [-0.15, -0.1) is 0 Å². The molecule has 0 bridgehead atoms. The normalized spacial score (nSPS) is 13.0. The van der Waals surface area contributed by atoms with Crippen molar-refractivity contribution in [1.29, 1.82) is 0 Å². The zero-order valence-corrected chi connectivity index (χ0v) is 18.1. The summed E-state index contributed by atoms with van der Waals surface area (Å²) < 4.78 is 44.6. The van der Waals surface area contributed by atoms with Crippen LogP contribution in [0.2, 0.25) is 0 Å². The summed E-state index contributed by atoms with van der Waals surface area (Å²) in [6.45, 7) is 1.07. The molecule has 0 spiro atoms. The molecular weight excluding hydrogens is 432 g/mol. The van der Waals surface area contributed by atoms with Crippen LogP contribution in [0, 0.1) is 0 Å². The van der Waals surface area contributed by atoms with Crippen LogP contribution in [0.1, 0.15) is 16.8 Å². The largest absolute Gasteiger partial charge is 0.495 e. The van der Waals surface area contributed by atoms with Gasteiger partial charge in [-0.05, 0) is 48.5 Å². The average Bonchev–Trinajstić information content (AvgIpc) is 3.04. The summed E-state index contributed by atoms with van der Waals surface area (Å²) in [6, 6.07) is 17.6. The van der Waals surface area contributed by atoms with Crippen molar-refractivity contribution < 1.29 is 27.4 Å². The monoisotopic (exact) mass is 454 g/mol. The van der Waals surface area contributed by atoms with Gasteiger partial charge in [-0.1, -0.05) is 18.2 Å². The molecule has 1 aliphatic heterocycles. The van der Waals surface area contributed by atoms with Crippen LogP contribution in [0.25, 0.3) is 0 Å². The van der Waals surface area contributed by atoms with Crippen LogP contribution in [0.15, 0.2) is 71.6 Å². The first-order valence-corrected chi connectivity index (χ1v) is 11.4. The molecule has 0 atom stereocenters. The lowest BCUT2D eigenvalue weighted by atomic mass is 10.2. The minimum absolute atomic E-state index is 0.000122. The molecule has 0 aliphatic carbocycles. The van der Waals surface area contributed by atoms with Gasteiger partial charge >= 0.3 is 0 Å². The van der Waals surface area contributed by atoms with Gasteiger partial charge in [-0.2, -0.15) is 0 Å². The number of para-hydroxylation sites is 2. The Kier molecular flexibility index (Phi) is 6.18. The molecule has 3 aromatic carbocycles. The summed E-state index contributed by atoms with van der Waals surface area (Å²) in [4.78, 5) is 12.7. The molecule has 4 rings (SSSR count). The molecule has 1 heterocycles. The van der Waals surface area contributed by atoms with E-state index in [1.54, 1.807) is 54.6 Å². The zero-order chi connectivity index (χ0) is 22.6. The summed E-state index contributed by atoms with van der Waals surface area (Å²) >= 11 is 0. The molecule has 32 heavy (non-hydrogen) atoms. The van der Waals surface area contributed by atoms with Crippen LogP contribution in [0.3, 0.4) is 0 Å². The minimum atomic E-state index is -3.90. The molecule has 1 amide bonds. The van der Waals surface area contributed by atoms with Crippen molar-refractivity contribution in [1.82, 2.24) is 0 Å². The number of anilines is 2. The van der Waals surface area contributed by atoms with E-state index in [-0.39, 0.29) is 4.90 Å². The predicted molar refractivity (Wildman–Crippen MR) is 120 cm³/mol. The fourth-order valence-corrected chi connectivity index (χ4v) is 4.30. The molecule has 0 saturated heterocycles. The van der Waals surface area contributed by atoms with Gasteiger partial charge in [0.2, 0.25) is 0 Å². The van der Waals surface area contributed by atoms with Crippen LogP contribution < -0.4 is 24.2 Å². The van der Waals surface area contributed by atoms with E-state index in [1.165, 1.54) is 19.2 Å². The van der Waals surface area contributed by atoms with E-state index in [0.717, 1.165) is 6.42 Å². The van der Waals surface area contributed by atoms with Crippen LogP contribution in [0.5, 0.6) is 17.2 Å². The number of sulfonamides is 1. The number of fused-ring (bicyclic) bond motifs is 1. The van der Waals surface area contributed by atoms with Gasteiger partial charge in [-0.25, -0.2) is 8.42 Å². The molecule has 0 unspecified atom stereocenters. The molecule has 166 valence electrons. The topological polar surface area (TPSA) is 103 Å². The highest BCUT2D eigenvalue weighted by molar-refractivity contribution is 7.92. The van der Waals surface area contributed by atoms with Crippen molar-refractivity contribution >= 4 is 27.3 Å². The number of benzene rings is 3. The van der Waals surface area contributed by atoms with E-state index in [9.17, 15) is 13.2 Å². The lowest BCUT2D eigenvalue weighted by Gasteiger charge is -2.13. The number of hydrogen-bond donors (Lipinski definition) is 2. The number of amides is 1. The summed E-state index contributed by atoms with van der Waals surface area (Å²) in [7, 11) is -2.44. The van der Waals surface area contributed by atoms with E-state index in [0.29, 0.717) is 47.4 Å². The lowest BCUT2D eigenvalue weighted by molar-refractivity contribution is 0.102. The molecule has 8 nitrogen and oxygen atoms in total. The summed E-state index contributed by atoms with van der Waals surface area (Å²) in [6.07, 6.45) is 0.764. The Bertz CT molecular complexity index is 1240. The smallest absolute Gasteiger partial charge is 0.262 e. The fraction of sp³-hybridized carbons (Fsp3) is 0.174. The molecule has 0 aromatic heterocycles. The molecule has 3 aromatic rings. The van der Waals surface area contributed by atoms with Crippen molar-refractivity contribution in [3.05, 3.63) is 72.3 Å². The van der Waals surface area contributed by atoms with Gasteiger partial charge in [0.05, 0.1) is 30.9 Å². The summed E-state index contributed by atoms with van der Waals surface area (Å²) in [5, 5.41) is 2.73. The second-order valence-electron chi connectivity index (χ2n) is 7.00. The first-order valence-electron chi connectivity index (χ1n) is 9.93. The number of methoxy groups -OCH3 is 1. The highest BCUT2D eigenvalue weighted by Gasteiger charge is 2.18. The van der Waals surface area contributed by atoms with Crippen LogP contribution in [-0.4, -0.2) is 34.6 Å². The molecule has 2 N–H and O–H groups in total. The van der Waals surface area contributed by atoms with Gasteiger partial charge in [0.1, 0.15) is 5.75 Å². The third-order valence-corrected chi connectivity index (χ3v) is 6.13. The Morgan fingerprint density at radius 2 is 1.72 bits per heavy atom. The Morgan fingerprint density at radius 1 is 0.938 bits per heavy atom. The van der Waals surface area contributed by atoms with Crippen molar-refractivity contribution in [3.8, 4) is 17.2 Å². The number of carbonyl (C=O) groups is 1. The van der Waals surface area contributed by atoms with Gasteiger partial charge in [0.25, 0.3) is 15.9 Å². The number of rotatable bonds is 6. The maximum Gasteiger partial charge on any atom is 0.262 e. The van der Waals surface area contributed by atoms with E-state index in [2.05, 4.69) is 10.0 Å². The second-order valence-corrected chi connectivity index (χ2v) is 8.68. The number of nitrogens with one attached hydrogen (secondary N) is 2. The Labute approximate surface area is 186 Å². The first kappa shape index (κ1) is 21.5. The molecule has 0 saturated carbocycles. The zero-order valence-electron chi connectivity index (χ0n) is 17.3. The standard InChI is InChI=1S/C23H22N2O6S/c1-29-20-9-3-2-8-19(20)25-32(27,28)18-7-4-6-17(15-18)24-23(26)16-10-11-21-22(14-16)31-13-5-12-30-21/h2-4,6-11,14-15,25H,5,12-13H2,1H3,(H,24,26). The molecule has 1 aliphatic rings. The van der Waals surface area contributed by atoms with Crippen LogP contribution in [0.4, 0.5) is 11.4 Å². The van der Waals surface area contributed by atoms with E-state index < -0.39 is 15.9 Å². The second kappa shape index (κ2) is 9.19.